The molecule has 0 radical (unpaired) electrons. The third-order valence-corrected chi connectivity index (χ3v) is 4.72. The summed E-state index contributed by atoms with van der Waals surface area (Å²) in [6.45, 7) is 2.16. The quantitative estimate of drug-likeness (QED) is 0.232. The lowest BCUT2D eigenvalue weighted by atomic mass is 10.1. The summed E-state index contributed by atoms with van der Waals surface area (Å²) in [6.07, 6.45) is -3.52. The van der Waals surface area contributed by atoms with Crippen LogP contribution < -0.4 is 19.6 Å². The fourth-order valence-electron chi connectivity index (χ4n) is 3.03. The van der Waals surface area contributed by atoms with E-state index in [2.05, 4.69) is 10.5 Å². The van der Waals surface area contributed by atoms with Crippen molar-refractivity contribution in [2.24, 2.45) is 5.10 Å². The van der Waals surface area contributed by atoms with Crippen molar-refractivity contribution in [1.29, 1.82) is 0 Å². The van der Waals surface area contributed by atoms with Gasteiger partial charge in [0.05, 0.1) is 30.4 Å². The Morgan fingerprint density at radius 2 is 1.78 bits per heavy atom. The third kappa shape index (κ3) is 6.29. The van der Waals surface area contributed by atoms with Gasteiger partial charge in [0.1, 0.15) is 5.75 Å². The van der Waals surface area contributed by atoms with Gasteiger partial charge < -0.3 is 14.2 Å². The Hall–Kier alpha value is -4.61. The number of benzene rings is 3. The lowest BCUT2D eigenvalue weighted by Crippen LogP contribution is -2.17. The van der Waals surface area contributed by atoms with Crippen LogP contribution in [0.1, 0.15) is 28.4 Å². The van der Waals surface area contributed by atoms with E-state index in [0.29, 0.717) is 35.8 Å². The van der Waals surface area contributed by atoms with Crippen LogP contribution in [0, 0.1) is 10.1 Å². The minimum Gasteiger partial charge on any atom is -0.493 e. The number of methoxy groups -OCH3 is 1. The molecule has 0 atom stereocenters. The first-order valence-electron chi connectivity index (χ1n) is 10.4. The lowest BCUT2D eigenvalue weighted by molar-refractivity contribution is -0.385. The number of alkyl halides is 3. The van der Waals surface area contributed by atoms with Crippen LogP contribution >= 0.6 is 0 Å². The van der Waals surface area contributed by atoms with Crippen molar-refractivity contribution in [2.45, 2.75) is 13.1 Å². The molecule has 188 valence electrons. The number of hydrogen-bond acceptors (Lipinski definition) is 7. The monoisotopic (exact) mass is 503 g/mol. The molecule has 3 aromatic rings. The second kappa shape index (κ2) is 11.2. The Labute approximate surface area is 203 Å². The largest absolute Gasteiger partial charge is 0.493 e. The zero-order valence-electron chi connectivity index (χ0n) is 19.0. The molecule has 9 nitrogen and oxygen atoms in total. The highest BCUT2D eigenvalue weighted by molar-refractivity contribution is 5.95. The Kier molecular flexibility index (Phi) is 8.10. The Bertz CT molecular complexity index is 1290. The molecule has 0 aromatic heterocycles. The van der Waals surface area contributed by atoms with E-state index in [1.807, 2.05) is 0 Å². The fraction of sp³-hybridized carbons (Fsp3) is 0.167. The van der Waals surface area contributed by atoms with Gasteiger partial charge in [-0.15, -0.1) is 0 Å². The number of halogens is 3. The minimum atomic E-state index is -4.75. The molecule has 0 spiro atoms. The molecule has 1 N–H and O–H groups in total. The summed E-state index contributed by atoms with van der Waals surface area (Å²) in [5, 5.41) is 15.2. The molecule has 36 heavy (non-hydrogen) atoms. The van der Waals surface area contributed by atoms with Crippen LogP contribution in [-0.2, 0) is 6.18 Å². The second-order valence-corrected chi connectivity index (χ2v) is 7.08. The van der Waals surface area contributed by atoms with Gasteiger partial charge in [0, 0.05) is 17.2 Å². The number of nitrogens with zero attached hydrogens (tertiary/aromatic N) is 2. The summed E-state index contributed by atoms with van der Waals surface area (Å²) in [5.74, 6) is -0.0264. The van der Waals surface area contributed by atoms with Crippen molar-refractivity contribution in [2.75, 3.05) is 13.7 Å². The number of rotatable bonds is 9. The molecule has 0 unspecified atom stereocenters. The molecule has 3 aromatic carbocycles. The van der Waals surface area contributed by atoms with E-state index in [-0.39, 0.29) is 17.1 Å². The maximum atomic E-state index is 13.0. The SMILES string of the molecule is CCOc1cc(C(=O)N/N=C/c2ccccc2Oc2ccc(C(F)(F)F)cc2[N+](=O)[O-])ccc1OC. The van der Waals surface area contributed by atoms with Gasteiger partial charge >= 0.3 is 11.9 Å². The number of nitrogens with one attached hydrogen (secondary N) is 1. The van der Waals surface area contributed by atoms with Crippen LogP contribution in [0.5, 0.6) is 23.0 Å². The number of ether oxygens (including phenoxy) is 3. The number of carbonyl (C=O) groups is 1. The van der Waals surface area contributed by atoms with E-state index in [1.54, 1.807) is 31.2 Å². The van der Waals surface area contributed by atoms with Crippen molar-refractivity contribution in [3.8, 4) is 23.0 Å². The van der Waals surface area contributed by atoms with E-state index >= 15 is 0 Å². The highest BCUT2D eigenvalue weighted by Crippen LogP contribution is 2.38. The number of hydrazone groups is 1. The van der Waals surface area contributed by atoms with Gasteiger partial charge in [-0.3, -0.25) is 14.9 Å². The smallest absolute Gasteiger partial charge is 0.416 e. The van der Waals surface area contributed by atoms with Gasteiger partial charge in [-0.2, -0.15) is 18.3 Å². The van der Waals surface area contributed by atoms with Gasteiger partial charge in [0.15, 0.2) is 11.5 Å². The predicted molar refractivity (Wildman–Crippen MR) is 124 cm³/mol. The molecule has 0 aliphatic rings. The van der Waals surface area contributed by atoms with E-state index in [0.717, 1.165) is 6.07 Å². The van der Waals surface area contributed by atoms with Crippen molar-refractivity contribution in [3.63, 3.8) is 0 Å². The lowest BCUT2D eigenvalue weighted by Gasteiger charge is -2.11. The van der Waals surface area contributed by atoms with Crippen LogP contribution in [-0.4, -0.2) is 30.8 Å². The molecular formula is C24H20F3N3O6. The van der Waals surface area contributed by atoms with Gasteiger partial charge in [-0.05, 0) is 49.4 Å². The Morgan fingerprint density at radius 1 is 1.06 bits per heavy atom. The van der Waals surface area contributed by atoms with Crippen molar-refractivity contribution in [1.82, 2.24) is 5.43 Å². The molecule has 0 heterocycles. The summed E-state index contributed by atoms with van der Waals surface area (Å²) < 4.78 is 55.0. The average Bonchev–Trinajstić information content (AvgIpc) is 2.84. The molecule has 0 aliphatic heterocycles. The molecule has 0 bridgehead atoms. The zero-order chi connectivity index (χ0) is 26.3. The van der Waals surface area contributed by atoms with Gasteiger partial charge in [0.2, 0.25) is 5.75 Å². The summed E-state index contributed by atoms with van der Waals surface area (Å²) in [7, 11) is 1.47. The van der Waals surface area contributed by atoms with Gasteiger partial charge in [0.25, 0.3) is 5.91 Å². The van der Waals surface area contributed by atoms with Crippen LogP contribution in [0.2, 0.25) is 0 Å². The van der Waals surface area contributed by atoms with Crippen LogP contribution in [0.4, 0.5) is 18.9 Å². The Morgan fingerprint density at radius 3 is 2.44 bits per heavy atom. The van der Waals surface area contributed by atoms with E-state index in [1.165, 1.54) is 31.5 Å². The molecule has 12 heteroatoms. The first-order valence-corrected chi connectivity index (χ1v) is 10.4. The highest BCUT2D eigenvalue weighted by atomic mass is 19.4. The van der Waals surface area contributed by atoms with E-state index < -0.39 is 28.3 Å². The molecule has 0 aliphatic carbocycles. The zero-order valence-corrected chi connectivity index (χ0v) is 19.0. The van der Waals surface area contributed by atoms with E-state index in [4.69, 9.17) is 14.2 Å². The van der Waals surface area contributed by atoms with Crippen molar-refractivity contribution in [3.05, 3.63) is 87.5 Å². The van der Waals surface area contributed by atoms with Crippen LogP contribution in [0.3, 0.4) is 0 Å². The molecule has 1 amide bonds. The standard InChI is InChI=1S/C24H20F3N3O6/c1-3-35-22-12-15(8-10-21(22)34-2)23(31)29-28-14-16-6-4-5-7-19(16)36-20-11-9-17(24(25,26)27)13-18(20)30(32)33/h4-14H,3H2,1-2H3,(H,29,31)/b28-14+. The molecule has 3 rings (SSSR count). The topological polar surface area (TPSA) is 112 Å². The predicted octanol–water partition coefficient (Wildman–Crippen LogP) is 5.58. The molecule has 0 saturated carbocycles. The van der Waals surface area contributed by atoms with Crippen molar-refractivity contribution < 1.29 is 37.1 Å². The number of amides is 1. The van der Waals surface area contributed by atoms with Crippen molar-refractivity contribution >= 4 is 17.8 Å². The van der Waals surface area contributed by atoms with Crippen LogP contribution in [0.15, 0.2) is 65.8 Å². The average molecular weight is 503 g/mol. The Balaban J connectivity index is 1.80. The summed E-state index contributed by atoms with van der Waals surface area (Å²) in [5.41, 5.74) is 0.870. The molecule has 0 fully saturated rings. The van der Waals surface area contributed by atoms with Gasteiger partial charge in [-0.25, -0.2) is 5.43 Å². The minimum absolute atomic E-state index is 0.0708. The molecule has 0 saturated heterocycles. The maximum absolute atomic E-state index is 13.0. The van der Waals surface area contributed by atoms with Crippen LogP contribution in [0.25, 0.3) is 0 Å². The second-order valence-electron chi connectivity index (χ2n) is 7.08. The number of nitro benzene ring substituents is 1. The summed E-state index contributed by atoms with van der Waals surface area (Å²) in [4.78, 5) is 22.8. The number of hydrogen-bond donors (Lipinski definition) is 1. The first-order chi connectivity index (χ1) is 17.1. The molecular weight excluding hydrogens is 483 g/mol. The maximum Gasteiger partial charge on any atom is 0.416 e. The highest BCUT2D eigenvalue weighted by Gasteiger charge is 2.33. The number of carbonyl (C=O) groups excluding carboxylic acids is 1. The third-order valence-electron chi connectivity index (χ3n) is 4.72. The summed E-state index contributed by atoms with van der Waals surface area (Å²) in [6, 6.07) is 12.7. The number of nitro groups is 1. The number of para-hydroxylation sites is 1. The fourth-order valence-corrected chi connectivity index (χ4v) is 3.03. The normalized spacial score (nSPS) is 11.2. The summed E-state index contributed by atoms with van der Waals surface area (Å²) >= 11 is 0. The van der Waals surface area contributed by atoms with E-state index in [9.17, 15) is 28.1 Å². The van der Waals surface area contributed by atoms with Gasteiger partial charge in [-0.1, -0.05) is 12.1 Å². The first kappa shape index (κ1) is 26.0.